The molecule has 2 aliphatic rings. The predicted molar refractivity (Wildman–Crippen MR) is 136 cm³/mol. The van der Waals surface area contributed by atoms with Crippen LogP contribution in [0.3, 0.4) is 0 Å². The Morgan fingerprint density at radius 1 is 0.829 bits per heavy atom. The number of nitrogens with zero attached hydrogens (tertiary/aromatic N) is 3. The van der Waals surface area contributed by atoms with E-state index in [1.165, 1.54) is 0 Å². The maximum absolute atomic E-state index is 6.55. The third-order valence-electron chi connectivity index (χ3n) is 6.70. The lowest BCUT2D eigenvalue weighted by Gasteiger charge is -2.38. The van der Waals surface area contributed by atoms with Crippen molar-refractivity contribution < 1.29 is 9.26 Å². The van der Waals surface area contributed by atoms with Crippen LogP contribution in [0.2, 0.25) is 5.02 Å². The van der Waals surface area contributed by atoms with Crippen LogP contribution < -0.4 is 4.74 Å². The fourth-order valence-corrected chi connectivity index (χ4v) is 5.11. The normalized spacial score (nSPS) is 18.7. The van der Waals surface area contributed by atoms with Crippen LogP contribution in [0, 0.1) is 0 Å². The molecule has 170 valence electrons. The van der Waals surface area contributed by atoms with Gasteiger partial charge in [0.1, 0.15) is 11.3 Å². The molecule has 6 heteroatoms. The summed E-state index contributed by atoms with van der Waals surface area (Å²) >= 11 is 6.12. The molecule has 0 saturated heterocycles. The molecule has 1 aromatic heterocycles. The average Bonchev–Trinajstić information content (AvgIpc) is 3.54. The van der Waals surface area contributed by atoms with Crippen molar-refractivity contribution in [3.05, 3.63) is 119 Å². The van der Waals surface area contributed by atoms with E-state index in [4.69, 9.17) is 26.0 Å². The van der Waals surface area contributed by atoms with Crippen LogP contribution in [-0.2, 0) is 0 Å². The molecule has 35 heavy (non-hydrogen) atoms. The van der Waals surface area contributed by atoms with Gasteiger partial charge >= 0.3 is 0 Å². The summed E-state index contributed by atoms with van der Waals surface area (Å²) in [6, 6.07) is 32.4. The Hall–Kier alpha value is -4.09. The monoisotopic (exact) mass is 477 g/mol. The van der Waals surface area contributed by atoms with Gasteiger partial charge in [-0.2, -0.15) is 5.10 Å². The minimum absolute atomic E-state index is 0.0855. The van der Waals surface area contributed by atoms with E-state index < -0.39 is 0 Å². The van der Waals surface area contributed by atoms with E-state index in [2.05, 4.69) is 28.4 Å². The smallest absolute Gasteiger partial charge is 0.213 e. The van der Waals surface area contributed by atoms with Crippen LogP contribution in [0.4, 0.5) is 0 Å². The SMILES string of the molecule is Clc1ccc(C2=NN3C(C2)c2ccccc2OC3c2ccc3noc(-c4ccccc4)c3c2)cc1. The van der Waals surface area contributed by atoms with Gasteiger partial charge in [-0.1, -0.05) is 83.5 Å². The molecule has 0 saturated carbocycles. The summed E-state index contributed by atoms with van der Waals surface area (Å²) in [5, 5.41) is 13.1. The lowest BCUT2D eigenvalue weighted by atomic mass is 9.95. The first kappa shape index (κ1) is 20.3. The maximum Gasteiger partial charge on any atom is 0.213 e. The number of fused-ring (bicyclic) bond motifs is 4. The number of hydrazone groups is 1. The summed E-state index contributed by atoms with van der Waals surface area (Å²) in [5.74, 6) is 1.64. The van der Waals surface area contributed by atoms with Gasteiger partial charge in [0.25, 0.3) is 0 Å². The van der Waals surface area contributed by atoms with Gasteiger partial charge in [-0.3, -0.25) is 0 Å². The molecule has 0 radical (unpaired) electrons. The predicted octanol–water partition coefficient (Wildman–Crippen LogP) is 7.39. The maximum atomic E-state index is 6.55. The largest absolute Gasteiger partial charge is 0.464 e. The van der Waals surface area contributed by atoms with Crippen LogP contribution in [0.1, 0.15) is 35.4 Å². The van der Waals surface area contributed by atoms with Gasteiger partial charge < -0.3 is 9.26 Å². The van der Waals surface area contributed by atoms with E-state index in [0.717, 1.165) is 56.8 Å². The van der Waals surface area contributed by atoms with Gasteiger partial charge in [-0.25, -0.2) is 5.01 Å². The fourth-order valence-electron chi connectivity index (χ4n) is 4.98. The van der Waals surface area contributed by atoms with Gasteiger partial charge in [-0.05, 0) is 35.9 Å². The van der Waals surface area contributed by atoms with E-state index in [0.29, 0.717) is 5.02 Å². The molecule has 4 aromatic carbocycles. The highest BCUT2D eigenvalue weighted by atomic mass is 35.5. The van der Waals surface area contributed by atoms with Crippen LogP contribution in [0.25, 0.3) is 22.2 Å². The second-order valence-electron chi connectivity index (χ2n) is 8.82. The molecule has 0 spiro atoms. The topological polar surface area (TPSA) is 50.9 Å². The second-order valence-corrected chi connectivity index (χ2v) is 9.25. The van der Waals surface area contributed by atoms with Crippen LogP contribution in [0.15, 0.2) is 107 Å². The second kappa shape index (κ2) is 8.00. The zero-order chi connectivity index (χ0) is 23.4. The van der Waals surface area contributed by atoms with Crippen molar-refractivity contribution >= 4 is 28.2 Å². The first-order valence-corrected chi connectivity index (χ1v) is 11.9. The van der Waals surface area contributed by atoms with Crippen molar-refractivity contribution in [2.24, 2.45) is 5.10 Å². The average molecular weight is 478 g/mol. The van der Waals surface area contributed by atoms with Gasteiger partial charge in [-0.15, -0.1) is 0 Å². The molecular weight excluding hydrogens is 458 g/mol. The molecule has 5 aromatic rings. The molecule has 0 N–H and O–H groups in total. The number of ether oxygens (including phenoxy) is 1. The minimum atomic E-state index is -0.373. The molecule has 3 heterocycles. The highest BCUT2D eigenvalue weighted by Gasteiger charge is 2.41. The molecule has 0 bridgehead atoms. The lowest BCUT2D eigenvalue weighted by molar-refractivity contribution is -0.0189. The van der Waals surface area contributed by atoms with Crippen LogP contribution >= 0.6 is 11.6 Å². The quantitative estimate of drug-likeness (QED) is 0.272. The van der Waals surface area contributed by atoms with Crippen LogP contribution in [-0.4, -0.2) is 15.9 Å². The van der Waals surface area contributed by atoms with E-state index in [1.54, 1.807) is 0 Å². The minimum Gasteiger partial charge on any atom is -0.464 e. The number of hydrogen-bond donors (Lipinski definition) is 0. The number of para-hydroxylation sites is 1. The Morgan fingerprint density at radius 2 is 1.63 bits per heavy atom. The van der Waals surface area contributed by atoms with Gasteiger partial charge in [0, 0.05) is 28.1 Å². The third kappa shape index (κ3) is 3.39. The molecule has 0 fully saturated rings. The summed E-state index contributed by atoms with van der Waals surface area (Å²) in [7, 11) is 0. The van der Waals surface area contributed by atoms with Crippen molar-refractivity contribution in [3.63, 3.8) is 0 Å². The number of halogens is 1. The third-order valence-corrected chi connectivity index (χ3v) is 6.95. The Kier molecular flexibility index (Phi) is 4.64. The molecule has 7 rings (SSSR count). The van der Waals surface area contributed by atoms with E-state index >= 15 is 0 Å². The molecule has 2 aliphatic heterocycles. The molecule has 5 nitrogen and oxygen atoms in total. The van der Waals surface area contributed by atoms with Crippen molar-refractivity contribution in [3.8, 4) is 17.1 Å². The Labute approximate surface area is 207 Å². The lowest BCUT2D eigenvalue weighted by Crippen LogP contribution is -2.33. The standard InChI is InChI=1S/C29H20ClN3O2/c30-21-13-10-18(11-14-21)25-17-26-22-8-4-5-9-27(22)34-29(33(26)31-25)20-12-15-24-23(16-20)28(35-32-24)19-6-2-1-3-7-19/h1-16,26,29H,17H2. The summed E-state index contributed by atoms with van der Waals surface area (Å²) in [4.78, 5) is 0. The summed E-state index contributed by atoms with van der Waals surface area (Å²) in [6.07, 6.45) is 0.422. The highest BCUT2D eigenvalue weighted by molar-refractivity contribution is 6.30. The molecule has 0 aliphatic carbocycles. The molecule has 0 amide bonds. The van der Waals surface area contributed by atoms with E-state index in [1.807, 2.05) is 78.9 Å². The van der Waals surface area contributed by atoms with E-state index in [9.17, 15) is 0 Å². The van der Waals surface area contributed by atoms with Gasteiger partial charge in [0.2, 0.25) is 6.23 Å². The summed E-state index contributed by atoms with van der Waals surface area (Å²) < 4.78 is 12.3. The number of rotatable bonds is 3. The van der Waals surface area contributed by atoms with E-state index in [-0.39, 0.29) is 12.3 Å². The zero-order valence-corrected chi connectivity index (χ0v) is 19.4. The number of benzene rings is 4. The van der Waals surface area contributed by atoms with Crippen molar-refractivity contribution in [2.75, 3.05) is 0 Å². The fraction of sp³-hybridized carbons (Fsp3) is 0.103. The first-order chi connectivity index (χ1) is 17.2. The molecular formula is C29H20ClN3O2. The zero-order valence-electron chi connectivity index (χ0n) is 18.6. The molecule has 2 unspecified atom stereocenters. The Bertz CT molecular complexity index is 1580. The van der Waals surface area contributed by atoms with Crippen molar-refractivity contribution in [2.45, 2.75) is 18.7 Å². The summed E-state index contributed by atoms with van der Waals surface area (Å²) in [5.41, 5.74) is 6.04. The number of aromatic nitrogens is 1. The van der Waals surface area contributed by atoms with Gasteiger partial charge in [0.15, 0.2) is 5.76 Å². The summed E-state index contributed by atoms with van der Waals surface area (Å²) in [6.45, 7) is 0. The number of hydrogen-bond acceptors (Lipinski definition) is 5. The van der Waals surface area contributed by atoms with Crippen molar-refractivity contribution in [1.82, 2.24) is 10.2 Å². The first-order valence-electron chi connectivity index (χ1n) is 11.6. The Morgan fingerprint density at radius 3 is 2.49 bits per heavy atom. The highest BCUT2D eigenvalue weighted by Crippen LogP contribution is 2.48. The van der Waals surface area contributed by atoms with Crippen LogP contribution in [0.5, 0.6) is 5.75 Å². The molecule has 2 atom stereocenters. The Balaban J connectivity index is 1.34. The van der Waals surface area contributed by atoms with Crippen molar-refractivity contribution in [1.29, 1.82) is 0 Å². The van der Waals surface area contributed by atoms with Gasteiger partial charge in [0.05, 0.1) is 17.1 Å².